The third-order valence-corrected chi connectivity index (χ3v) is 3.92. The number of amides is 2. The van der Waals surface area contributed by atoms with E-state index in [0.29, 0.717) is 11.0 Å². The molecule has 6 nitrogen and oxygen atoms in total. The van der Waals surface area contributed by atoms with Crippen molar-refractivity contribution in [2.75, 3.05) is 10.6 Å². The Kier molecular flexibility index (Phi) is 5.49. The summed E-state index contributed by atoms with van der Waals surface area (Å²) in [6.45, 7) is 3.42. The number of hydrogen-bond donors (Lipinski definition) is 2. The van der Waals surface area contributed by atoms with Gasteiger partial charge in [-0.2, -0.15) is 0 Å². The van der Waals surface area contributed by atoms with Crippen LogP contribution in [0.25, 0.3) is 11.0 Å². The zero-order chi connectivity index (χ0) is 21.2. The van der Waals surface area contributed by atoms with Crippen LogP contribution in [0.1, 0.15) is 24.4 Å². The molecule has 2 N–H and O–H groups in total. The first kappa shape index (κ1) is 20.2. The van der Waals surface area contributed by atoms with Crippen LogP contribution >= 0.6 is 0 Å². The molecule has 0 atom stereocenters. The Balaban J connectivity index is 1.86. The van der Waals surface area contributed by atoms with Crippen molar-refractivity contribution in [3.63, 3.8) is 0 Å². The molecule has 2 aromatic carbocycles. The van der Waals surface area contributed by atoms with Crippen LogP contribution in [0, 0.1) is 5.92 Å². The van der Waals surface area contributed by atoms with Crippen molar-refractivity contribution < 1.29 is 31.9 Å². The number of hydrogen-bond acceptors (Lipinski definition) is 4. The fourth-order valence-electron chi connectivity index (χ4n) is 2.52. The number of fused-ring (bicyclic) bond motifs is 1. The van der Waals surface area contributed by atoms with Crippen molar-refractivity contribution >= 4 is 34.2 Å². The standard InChI is InChI=1S/C20H17F3N2O4/c1-11(2)18(26)25-16-14-5-3-4-6-15(14)28-17(16)19(27)24-12-7-9-13(10-8-12)29-20(21,22)23/h3-11H,1-2H3,(H,24,27)(H,25,26). The third kappa shape index (κ3) is 4.87. The maximum absolute atomic E-state index is 12.7. The smallest absolute Gasteiger partial charge is 0.449 e. The number of halogens is 3. The number of para-hydroxylation sites is 1. The molecular formula is C20H17F3N2O4. The Morgan fingerprint density at radius 1 is 1.00 bits per heavy atom. The molecule has 0 spiro atoms. The first-order valence-electron chi connectivity index (χ1n) is 8.63. The monoisotopic (exact) mass is 406 g/mol. The molecule has 0 aliphatic heterocycles. The van der Waals surface area contributed by atoms with Crippen LogP contribution in [0.4, 0.5) is 24.5 Å². The molecule has 152 valence electrons. The molecule has 9 heteroatoms. The lowest BCUT2D eigenvalue weighted by atomic mass is 10.1. The van der Waals surface area contributed by atoms with Gasteiger partial charge in [0.1, 0.15) is 17.0 Å². The number of benzene rings is 2. The molecule has 0 saturated heterocycles. The van der Waals surface area contributed by atoms with E-state index in [1.165, 1.54) is 12.1 Å². The zero-order valence-electron chi connectivity index (χ0n) is 15.5. The summed E-state index contributed by atoms with van der Waals surface area (Å²) in [6.07, 6.45) is -4.80. The minimum atomic E-state index is -4.80. The number of ether oxygens (including phenoxy) is 1. The largest absolute Gasteiger partial charge is 0.573 e. The van der Waals surface area contributed by atoms with Gasteiger partial charge >= 0.3 is 6.36 Å². The van der Waals surface area contributed by atoms with E-state index in [1.807, 2.05) is 0 Å². The Bertz CT molecular complexity index is 1040. The van der Waals surface area contributed by atoms with Crippen molar-refractivity contribution in [3.8, 4) is 5.75 Å². The summed E-state index contributed by atoms with van der Waals surface area (Å²) in [6, 6.07) is 11.5. The lowest BCUT2D eigenvalue weighted by Gasteiger charge is -2.10. The normalized spacial score (nSPS) is 11.5. The lowest BCUT2D eigenvalue weighted by Crippen LogP contribution is -2.20. The van der Waals surface area contributed by atoms with E-state index in [-0.39, 0.29) is 29.0 Å². The van der Waals surface area contributed by atoms with Crippen LogP contribution in [0.15, 0.2) is 52.9 Å². The Labute approximate surface area is 163 Å². The van der Waals surface area contributed by atoms with Gasteiger partial charge in [0, 0.05) is 17.0 Å². The van der Waals surface area contributed by atoms with E-state index < -0.39 is 18.0 Å². The molecule has 0 fully saturated rings. The quantitative estimate of drug-likeness (QED) is 0.612. The van der Waals surface area contributed by atoms with Gasteiger partial charge in [0.2, 0.25) is 11.7 Å². The molecule has 0 saturated carbocycles. The Morgan fingerprint density at radius 3 is 2.28 bits per heavy atom. The highest BCUT2D eigenvalue weighted by Crippen LogP contribution is 2.32. The van der Waals surface area contributed by atoms with E-state index in [2.05, 4.69) is 15.4 Å². The molecule has 0 aliphatic rings. The summed E-state index contributed by atoms with van der Waals surface area (Å²) < 4.78 is 46.1. The number of carbonyl (C=O) groups excluding carboxylic acids is 2. The van der Waals surface area contributed by atoms with Gasteiger partial charge in [0.15, 0.2) is 0 Å². The molecule has 0 unspecified atom stereocenters. The van der Waals surface area contributed by atoms with Gasteiger partial charge in [-0.1, -0.05) is 26.0 Å². The summed E-state index contributed by atoms with van der Waals surface area (Å²) in [7, 11) is 0. The minimum absolute atomic E-state index is 0.115. The van der Waals surface area contributed by atoms with Crippen molar-refractivity contribution in [3.05, 3.63) is 54.3 Å². The number of furan rings is 1. The Morgan fingerprint density at radius 2 is 1.66 bits per heavy atom. The van der Waals surface area contributed by atoms with Crippen molar-refractivity contribution in [1.82, 2.24) is 0 Å². The molecule has 3 rings (SSSR count). The fourth-order valence-corrected chi connectivity index (χ4v) is 2.52. The van der Waals surface area contributed by atoms with Gasteiger partial charge in [-0.3, -0.25) is 9.59 Å². The number of carbonyl (C=O) groups is 2. The van der Waals surface area contributed by atoms with Gasteiger partial charge in [0.25, 0.3) is 5.91 Å². The SMILES string of the molecule is CC(C)C(=O)Nc1c(C(=O)Nc2ccc(OC(F)(F)F)cc2)oc2ccccc12. The molecular weight excluding hydrogens is 389 g/mol. The number of nitrogens with one attached hydrogen (secondary N) is 2. The first-order chi connectivity index (χ1) is 13.6. The van der Waals surface area contributed by atoms with Crippen LogP contribution in [0.5, 0.6) is 5.75 Å². The first-order valence-corrected chi connectivity index (χ1v) is 8.63. The predicted molar refractivity (Wildman–Crippen MR) is 101 cm³/mol. The van der Waals surface area contributed by atoms with Gasteiger partial charge in [-0.15, -0.1) is 13.2 Å². The van der Waals surface area contributed by atoms with Crippen molar-refractivity contribution in [2.45, 2.75) is 20.2 Å². The van der Waals surface area contributed by atoms with E-state index in [1.54, 1.807) is 38.1 Å². The maximum Gasteiger partial charge on any atom is 0.573 e. The molecule has 2 amide bonds. The van der Waals surface area contributed by atoms with E-state index in [0.717, 1.165) is 12.1 Å². The highest BCUT2D eigenvalue weighted by Gasteiger charge is 2.31. The van der Waals surface area contributed by atoms with E-state index >= 15 is 0 Å². The van der Waals surface area contributed by atoms with Crippen LogP contribution in [0.3, 0.4) is 0 Å². The molecule has 0 bridgehead atoms. The van der Waals surface area contributed by atoms with Crippen molar-refractivity contribution in [1.29, 1.82) is 0 Å². The molecule has 0 radical (unpaired) electrons. The summed E-state index contributed by atoms with van der Waals surface area (Å²) >= 11 is 0. The average Bonchev–Trinajstić information content (AvgIpc) is 3.01. The number of alkyl halides is 3. The fraction of sp³-hybridized carbons (Fsp3) is 0.200. The van der Waals surface area contributed by atoms with Gasteiger partial charge in [0.05, 0.1) is 0 Å². The second-order valence-electron chi connectivity index (χ2n) is 6.47. The molecule has 29 heavy (non-hydrogen) atoms. The Hall–Kier alpha value is -3.49. The second kappa shape index (κ2) is 7.86. The second-order valence-corrected chi connectivity index (χ2v) is 6.47. The van der Waals surface area contributed by atoms with Crippen LogP contribution in [0.2, 0.25) is 0 Å². The highest BCUT2D eigenvalue weighted by molar-refractivity contribution is 6.14. The zero-order valence-corrected chi connectivity index (χ0v) is 15.5. The summed E-state index contributed by atoms with van der Waals surface area (Å²) in [5.74, 6) is -1.80. The van der Waals surface area contributed by atoms with Gasteiger partial charge < -0.3 is 19.8 Å². The molecule has 1 heterocycles. The van der Waals surface area contributed by atoms with Crippen LogP contribution in [-0.4, -0.2) is 18.2 Å². The number of anilines is 2. The molecule has 1 aromatic heterocycles. The summed E-state index contributed by atoms with van der Waals surface area (Å²) in [4.78, 5) is 24.9. The summed E-state index contributed by atoms with van der Waals surface area (Å²) in [5.41, 5.74) is 0.866. The predicted octanol–water partition coefficient (Wildman–Crippen LogP) is 5.18. The molecule has 0 aliphatic carbocycles. The molecule has 3 aromatic rings. The maximum atomic E-state index is 12.7. The van der Waals surface area contributed by atoms with Gasteiger partial charge in [-0.25, -0.2) is 0 Å². The average molecular weight is 406 g/mol. The van der Waals surface area contributed by atoms with E-state index in [9.17, 15) is 22.8 Å². The topological polar surface area (TPSA) is 80.6 Å². The van der Waals surface area contributed by atoms with Gasteiger partial charge in [-0.05, 0) is 36.4 Å². The van der Waals surface area contributed by atoms with Crippen LogP contribution < -0.4 is 15.4 Å². The highest BCUT2D eigenvalue weighted by atomic mass is 19.4. The minimum Gasteiger partial charge on any atom is -0.449 e. The third-order valence-electron chi connectivity index (χ3n) is 3.92. The van der Waals surface area contributed by atoms with E-state index in [4.69, 9.17) is 4.42 Å². The van der Waals surface area contributed by atoms with Crippen LogP contribution in [-0.2, 0) is 4.79 Å². The summed E-state index contributed by atoms with van der Waals surface area (Å²) in [5, 5.41) is 5.78. The van der Waals surface area contributed by atoms with Crippen molar-refractivity contribution in [2.24, 2.45) is 5.92 Å². The number of rotatable bonds is 5. The lowest BCUT2D eigenvalue weighted by molar-refractivity contribution is -0.274.